The lowest BCUT2D eigenvalue weighted by Crippen LogP contribution is -2.05. The lowest BCUT2D eigenvalue weighted by atomic mass is 10.6. The Morgan fingerprint density at radius 2 is 2.40 bits per heavy atom. The molecule has 0 unspecified atom stereocenters. The zero-order chi connectivity index (χ0) is 10.7. The fourth-order valence-electron chi connectivity index (χ4n) is 1.15. The summed E-state index contributed by atoms with van der Waals surface area (Å²) in [5, 5.41) is 7.66. The normalized spacial score (nSPS) is 10.3. The average Bonchev–Trinajstić information content (AvgIpc) is 2.66. The van der Waals surface area contributed by atoms with Crippen LogP contribution in [0, 0.1) is 0 Å². The van der Waals surface area contributed by atoms with Gasteiger partial charge in [-0.25, -0.2) is 9.67 Å². The summed E-state index contributed by atoms with van der Waals surface area (Å²) in [4.78, 5) is 8.33. The highest BCUT2D eigenvalue weighted by Crippen LogP contribution is 2.10. The Balaban J connectivity index is 2.32. The summed E-state index contributed by atoms with van der Waals surface area (Å²) in [6.45, 7) is 2.77. The van der Waals surface area contributed by atoms with Gasteiger partial charge in [0.25, 0.3) is 0 Å². The molecule has 5 nitrogen and oxygen atoms in total. The quantitative estimate of drug-likeness (QED) is 0.862. The number of aromatic nitrogens is 4. The third-order valence-electron chi connectivity index (χ3n) is 1.76. The SMILES string of the molecule is CCNc1nccc(-n2cc(Cl)cn2)n1. The maximum atomic E-state index is 5.77. The summed E-state index contributed by atoms with van der Waals surface area (Å²) in [7, 11) is 0. The molecule has 0 spiro atoms. The topological polar surface area (TPSA) is 55.6 Å². The average molecular weight is 224 g/mol. The van der Waals surface area contributed by atoms with Crippen LogP contribution in [0.15, 0.2) is 24.7 Å². The van der Waals surface area contributed by atoms with E-state index in [-0.39, 0.29) is 0 Å². The second kappa shape index (κ2) is 4.27. The molecular formula is C9H10ClN5. The monoisotopic (exact) mass is 223 g/mol. The molecular weight excluding hydrogens is 214 g/mol. The molecule has 6 heteroatoms. The molecule has 0 aliphatic carbocycles. The van der Waals surface area contributed by atoms with Crippen LogP contribution in [0.4, 0.5) is 5.95 Å². The van der Waals surface area contributed by atoms with Crippen molar-refractivity contribution in [3.63, 3.8) is 0 Å². The Labute approximate surface area is 92.1 Å². The lowest BCUT2D eigenvalue weighted by molar-refractivity contribution is 0.839. The molecule has 15 heavy (non-hydrogen) atoms. The van der Waals surface area contributed by atoms with Crippen LogP contribution in [-0.4, -0.2) is 26.3 Å². The van der Waals surface area contributed by atoms with Crippen LogP contribution in [0.2, 0.25) is 5.02 Å². The van der Waals surface area contributed by atoms with Crippen LogP contribution in [0.25, 0.3) is 5.82 Å². The first kappa shape index (κ1) is 9.92. The summed E-state index contributed by atoms with van der Waals surface area (Å²) in [6.07, 6.45) is 4.94. The van der Waals surface area contributed by atoms with Crippen LogP contribution in [-0.2, 0) is 0 Å². The van der Waals surface area contributed by atoms with Gasteiger partial charge < -0.3 is 5.32 Å². The molecule has 0 atom stereocenters. The minimum atomic E-state index is 0.582. The number of hydrogen-bond donors (Lipinski definition) is 1. The van der Waals surface area contributed by atoms with Crippen molar-refractivity contribution in [3.05, 3.63) is 29.7 Å². The number of nitrogens with zero attached hydrogens (tertiary/aromatic N) is 4. The van der Waals surface area contributed by atoms with E-state index >= 15 is 0 Å². The van der Waals surface area contributed by atoms with E-state index in [0.29, 0.717) is 16.8 Å². The van der Waals surface area contributed by atoms with Gasteiger partial charge in [0, 0.05) is 18.8 Å². The Hall–Kier alpha value is -1.62. The van der Waals surface area contributed by atoms with Crippen molar-refractivity contribution in [1.82, 2.24) is 19.7 Å². The molecule has 2 aromatic rings. The van der Waals surface area contributed by atoms with Crippen LogP contribution in [0.1, 0.15) is 6.92 Å². The summed E-state index contributed by atoms with van der Waals surface area (Å²) in [6, 6.07) is 1.77. The second-order valence-corrected chi connectivity index (χ2v) is 3.31. The fraction of sp³-hybridized carbons (Fsp3) is 0.222. The van der Waals surface area contributed by atoms with Crippen molar-refractivity contribution in [2.45, 2.75) is 6.92 Å². The van der Waals surface area contributed by atoms with Gasteiger partial charge in [0.2, 0.25) is 5.95 Å². The van der Waals surface area contributed by atoms with E-state index in [1.807, 2.05) is 6.92 Å². The van der Waals surface area contributed by atoms with Crippen molar-refractivity contribution >= 4 is 17.5 Å². The number of halogens is 1. The van der Waals surface area contributed by atoms with Gasteiger partial charge >= 0.3 is 0 Å². The Morgan fingerprint density at radius 3 is 3.07 bits per heavy atom. The summed E-state index contributed by atoms with van der Waals surface area (Å²) in [5.74, 6) is 1.27. The van der Waals surface area contributed by atoms with Gasteiger partial charge in [-0.3, -0.25) is 0 Å². The first-order valence-corrected chi connectivity index (χ1v) is 4.95. The van der Waals surface area contributed by atoms with Gasteiger partial charge in [-0.2, -0.15) is 10.1 Å². The second-order valence-electron chi connectivity index (χ2n) is 2.87. The van der Waals surface area contributed by atoms with E-state index in [1.165, 1.54) is 0 Å². The summed E-state index contributed by atoms with van der Waals surface area (Å²) >= 11 is 5.77. The van der Waals surface area contributed by atoms with Crippen molar-refractivity contribution in [3.8, 4) is 5.82 Å². The highest BCUT2D eigenvalue weighted by Gasteiger charge is 2.01. The highest BCUT2D eigenvalue weighted by atomic mass is 35.5. The van der Waals surface area contributed by atoms with Crippen LogP contribution in [0.3, 0.4) is 0 Å². The van der Waals surface area contributed by atoms with Crippen molar-refractivity contribution in [2.75, 3.05) is 11.9 Å². The molecule has 0 bridgehead atoms. The minimum absolute atomic E-state index is 0.582. The predicted octanol–water partition coefficient (Wildman–Crippen LogP) is 1.75. The Morgan fingerprint density at radius 1 is 1.53 bits per heavy atom. The molecule has 2 rings (SSSR count). The summed E-state index contributed by atoms with van der Waals surface area (Å²) in [5.41, 5.74) is 0. The number of nitrogens with one attached hydrogen (secondary N) is 1. The predicted molar refractivity (Wildman–Crippen MR) is 58.3 cm³/mol. The zero-order valence-corrected chi connectivity index (χ0v) is 8.94. The van der Waals surface area contributed by atoms with Gasteiger partial charge in [0.15, 0.2) is 5.82 Å². The summed E-state index contributed by atoms with van der Waals surface area (Å²) < 4.78 is 1.60. The largest absolute Gasteiger partial charge is 0.354 e. The van der Waals surface area contributed by atoms with E-state index in [9.17, 15) is 0 Å². The van der Waals surface area contributed by atoms with Gasteiger partial charge in [-0.15, -0.1) is 0 Å². The first-order chi connectivity index (χ1) is 7.29. The third kappa shape index (κ3) is 2.24. The van der Waals surface area contributed by atoms with Crippen molar-refractivity contribution < 1.29 is 0 Å². The fourth-order valence-corrected chi connectivity index (χ4v) is 1.28. The van der Waals surface area contributed by atoms with Crippen molar-refractivity contribution in [2.24, 2.45) is 0 Å². The minimum Gasteiger partial charge on any atom is -0.354 e. The highest BCUT2D eigenvalue weighted by molar-refractivity contribution is 6.30. The molecule has 2 aromatic heterocycles. The number of rotatable bonds is 3. The smallest absolute Gasteiger partial charge is 0.224 e. The molecule has 0 fully saturated rings. The standard InChI is InChI=1S/C9H10ClN5/c1-2-11-9-12-4-3-8(14-9)15-6-7(10)5-13-15/h3-6H,2H2,1H3,(H,11,12,14). The Bertz CT molecular complexity index is 453. The molecule has 0 aliphatic rings. The molecule has 0 saturated heterocycles. The molecule has 2 heterocycles. The van der Waals surface area contributed by atoms with Crippen LogP contribution >= 0.6 is 11.6 Å². The molecule has 0 radical (unpaired) electrons. The Kier molecular flexibility index (Phi) is 2.82. The van der Waals surface area contributed by atoms with Crippen LogP contribution in [0.5, 0.6) is 0 Å². The van der Waals surface area contributed by atoms with E-state index in [2.05, 4.69) is 20.4 Å². The van der Waals surface area contributed by atoms with Crippen LogP contribution < -0.4 is 5.32 Å². The van der Waals surface area contributed by atoms with Gasteiger partial charge in [-0.05, 0) is 6.92 Å². The molecule has 0 aliphatic heterocycles. The molecule has 1 N–H and O–H groups in total. The first-order valence-electron chi connectivity index (χ1n) is 4.57. The zero-order valence-electron chi connectivity index (χ0n) is 8.18. The van der Waals surface area contributed by atoms with Gasteiger partial charge in [0.1, 0.15) is 0 Å². The lowest BCUT2D eigenvalue weighted by Gasteiger charge is -2.03. The molecule has 0 aromatic carbocycles. The molecule has 0 saturated carbocycles. The number of hydrogen-bond acceptors (Lipinski definition) is 4. The molecule has 0 amide bonds. The van der Waals surface area contributed by atoms with Gasteiger partial charge in [0.05, 0.1) is 17.4 Å². The van der Waals surface area contributed by atoms with E-state index in [0.717, 1.165) is 6.54 Å². The van der Waals surface area contributed by atoms with Crippen molar-refractivity contribution in [1.29, 1.82) is 0 Å². The van der Waals surface area contributed by atoms with Gasteiger partial charge in [-0.1, -0.05) is 11.6 Å². The maximum absolute atomic E-state index is 5.77. The maximum Gasteiger partial charge on any atom is 0.224 e. The number of anilines is 1. The van der Waals surface area contributed by atoms with E-state index in [1.54, 1.807) is 29.3 Å². The third-order valence-corrected chi connectivity index (χ3v) is 1.96. The van der Waals surface area contributed by atoms with E-state index in [4.69, 9.17) is 11.6 Å². The van der Waals surface area contributed by atoms with E-state index < -0.39 is 0 Å². The molecule has 78 valence electrons.